The van der Waals surface area contributed by atoms with Crippen molar-refractivity contribution in [3.05, 3.63) is 74.9 Å². The molecular formula is C20H12Cl3N3O2. The van der Waals surface area contributed by atoms with Crippen LogP contribution in [0.5, 0.6) is 0 Å². The Morgan fingerprint density at radius 1 is 1.04 bits per heavy atom. The number of benzene rings is 2. The van der Waals surface area contributed by atoms with E-state index in [9.17, 15) is 9.90 Å². The van der Waals surface area contributed by atoms with E-state index >= 15 is 0 Å². The van der Waals surface area contributed by atoms with Gasteiger partial charge in [-0.3, -0.25) is 0 Å². The maximum Gasteiger partial charge on any atom is 0.336 e. The molecule has 0 spiro atoms. The molecule has 4 rings (SSSR count). The maximum absolute atomic E-state index is 12.0. The molecule has 2 heterocycles. The van der Waals surface area contributed by atoms with E-state index in [1.165, 1.54) is 6.07 Å². The van der Waals surface area contributed by atoms with Gasteiger partial charge in [0.05, 0.1) is 33.0 Å². The third kappa shape index (κ3) is 3.22. The molecule has 0 unspecified atom stereocenters. The standard InChI is InChI=1S/C20H12Cl3N3O2/c1-10-18-15(20(27)28)9-17(14-8-12(22)5-6-16(14)23)24-19(18)26(25-10)13-4-2-3-11(21)7-13/h2-9H,1H3,(H,27,28). The number of rotatable bonds is 3. The van der Waals surface area contributed by atoms with Crippen LogP contribution in [0.1, 0.15) is 16.1 Å². The van der Waals surface area contributed by atoms with Crippen LogP contribution < -0.4 is 0 Å². The van der Waals surface area contributed by atoms with Crippen molar-refractivity contribution in [2.75, 3.05) is 0 Å². The number of carbonyl (C=O) groups is 1. The second kappa shape index (κ2) is 7.09. The topological polar surface area (TPSA) is 68.0 Å². The molecule has 2 aromatic heterocycles. The Labute approximate surface area is 175 Å². The van der Waals surface area contributed by atoms with Crippen LogP contribution in [0, 0.1) is 6.92 Å². The first-order chi connectivity index (χ1) is 13.3. The van der Waals surface area contributed by atoms with Gasteiger partial charge in [0.15, 0.2) is 5.65 Å². The zero-order valence-corrected chi connectivity index (χ0v) is 16.7. The normalized spacial score (nSPS) is 11.1. The molecule has 0 saturated heterocycles. The van der Waals surface area contributed by atoms with E-state index in [1.807, 2.05) is 6.07 Å². The lowest BCUT2D eigenvalue weighted by Crippen LogP contribution is -2.02. The van der Waals surface area contributed by atoms with Gasteiger partial charge in [0.1, 0.15) is 0 Å². The molecule has 0 aliphatic rings. The van der Waals surface area contributed by atoms with Crippen LogP contribution in [0.3, 0.4) is 0 Å². The Morgan fingerprint density at radius 3 is 2.50 bits per heavy atom. The van der Waals surface area contributed by atoms with E-state index in [1.54, 1.807) is 48.0 Å². The molecule has 0 atom stereocenters. The van der Waals surface area contributed by atoms with Crippen molar-refractivity contribution in [1.29, 1.82) is 0 Å². The lowest BCUT2D eigenvalue weighted by Gasteiger charge is -2.09. The summed E-state index contributed by atoms with van der Waals surface area (Å²) in [6.45, 7) is 1.74. The summed E-state index contributed by atoms with van der Waals surface area (Å²) < 4.78 is 1.57. The number of carboxylic acids is 1. The average Bonchev–Trinajstić information content (AvgIpc) is 2.99. The summed E-state index contributed by atoms with van der Waals surface area (Å²) in [6.07, 6.45) is 0. The third-order valence-corrected chi connectivity index (χ3v) is 5.10. The fourth-order valence-corrected chi connectivity index (χ4v) is 3.65. The maximum atomic E-state index is 12.0. The van der Waals surface area contributed by atoms with Crippen molar-refractivity contribution in [3.63, 3.8) is 0 Å². The minimum atomic E-state index is -1.08. The molecule has 0 radical (unpaired) electrons. The monoisotopic (exact) mass is 431 g/mol. The van der Waals surface area contributed by atoms with Crippen LogP contribution in [-0.2, 0) is 0 Å². The highest BCUT2D eigenvalue weighted by Crippen LogP contribution is 2.33. The molecule has 0 fully saturated rings. The van der Waals surface area contributed by atoms with E-state index in [-0.39, 0.29) is 5.56 Å². The SMILES string of the molecule is Cc1nn(-c2cccc(Cl)c2)c2nc(-c3cc(Cl)ccc3Cl)cc(C(=O)O)c12. The predicted molar refractivity (Wildman–Crippen MR) is 111 cm³/mol. The lowest BCUT2D eigenvalue weighted by molar-refractivity contribution is 0.0699. The Kier molecular flexibility index (Phi) is 4.75. The van der Waals surface area contributed by atoms with Gasteiger partial charge < -0.3 is 5.11 Å². The number of carboxylic acid groups (broad SMARTS) is 1. The first-order valence-electron chi connectivity index (χ1n) is 8.20. The number of pyridine rings is 1. The molecule has 5 nitrogen and oxygen atoms in total. The second-order valence-electron chi connectivity index (χ2n) is 6.16. The summed E-state index contributed by atoms with van der Waals surface area (Å²) in [7, 11) is 0. The molecular weight excluding hydrogens is 421 g/mol. The predicted octanol–water partition coefficient (Wildman–Crippen LogP) is 6.05. The molecule has 2 aromatic carbocycles. The molecule has 28 heavy (non-hydrogen) atoms. The van der Waals surface area contributed by atoms with Crippen molar-refractivity contribution < 1.29 is 9.90 Å². The number of halogens is 3. The zero-order chi connectivity index (χ0) is 20.0. The third-order valence-electron chi connectivity index (χ3n) is 4.30. The van der Waals surface area contributed by atoms with Gasteiger partial charge in [-0.2, -0.15) is 5.10 Å². The fraction of sp³-hybridized carbons (Fsp3) is 0.0500. The van der Waals surface area contributed by atoms with Gasteiger partial charge in [-0.1, -0.05) is 40.9 Å². The largest absolute Gasteiger partial charge is 0.478 e. The van der Waals surface area contributed by atoms with Crippen molar-refractivity contribution in [1.82, 2.24) is 14.8 Å². The summed E-state index contributed by atoms with van der Waals surface area (Å²) in [5.74, 6) is -1.08. The molecule has 0 aliphatic heterocycles. The van der Waals surface area contributed by atoms with Gasteiger partial charge in [0, 0.05) is 15.6 Å². The van der Waals surface area contributed by atoms with E-state index < -0.39 is 5.97 Å². The fourth-order valence-electron chi connectivity index (χ4n) is 3.08. The molecule has 0 bridgehead atoms. The minimum absolute atomic E-state index is 0.0850. The number of aryl methyl sites for hydroxylation is 1. The van der Waals surface area contributed by atoms with Crippen molar-refractivity contribution in [2.24, 2.45) is 0 Å². The van der Waals surface area contributed by atoms with Crippen LogP contribution in [0.4, 0.5) is 0 Å². The van der Waals surface area contributed by atoms with Crippen LogP contribution in [-0.4, -0.2) is 25.8 Å². The van der Waals surface area contributed by atoms with Gasteiger partial charge in [-0.15, -0.1) is 0 Å². The number of hydrogen-bond donors (Lipinski definition) is 1. The minimum Gasteiger partial charge on any atom is -0.478 e. The molecule has 0 saturated carbocycles. The van der Waals surface area contributed by atoms with E-state index in [4.69, 9.17) is 34.8 Å². The zero-order valence-electron chi connectivity index (χ0n) is 14.4. The molecule has 140 valence electrons. The average molecular weight is 433 g/mol. The summed E-state index contributed by atoms with van der Waals surface area (Å²) in [5.41, 5.74) is 2.62. The number of nitrogens with zero attached hydrogens (tertiary/aromatic N) is 3. The van der Waals surface area contributed by atoms with Gasteiger partial charge in [-0.05, 0) is 49.4 Å². The van der Waals surface area contributed by atoms with Gasteiger partial charge >= 0.3 is 5.97 Å². The summed E-state index contributed by atoms with van der Waals surface area (Å²) in [5, 5.41) is 16.1. The summed E-state index contributed by atoms with van der Waals surface area (Å²) >= 11 is 18.5. The lowest BCUT2D eigenvalue weighted by atomic mass is 10.1. The van der Waals surface area contributed by atoms with E-state index in [0.717, 1.165) is 0 Å². The quantitative estimate of drug-likeness (QED) is 0.427. The Bertz CT molecular complexity index is 1250. The Balaban J connectivity index is 2.08. The number of hydrogen-bond acceptors (Lipinski definition) is 3. The van der Waals surface area contributed by atoms with Gasteiger partial charge in [0.25, 0.3) is 0 Å². The Morgan fingerprint density at radius 2 is 1.79 bits per heavy atom. The first-order valence-corrected chi connectivity index (χ1v) is 9.33. The van der Waals surface area contributed by atoms with E-state index in [2.05, 4.69) is 10.1 Å². The van der Waals surface area contributed by atoms with Crippen molar-refractivity contribution in [2.45, 2.75) is 6.92 Å². The van der Waals surface area contributed by atoms with Crippen LogP contribution >= 0.6 is 34.8 Å². The highest BCUT2D eigenvalue weighted by molar-refractivity contribution is 6.35. The van der Waals surface area contributed by atoms with Crippen LogP contribution in [0.15, 0.2) is 48.5 Å². The second-order valence-corrected chi connectivity index (χ2v) is 7.44. The Hall–Kier alpha value is -2.60. The molecule has 4 aromatic rings. The summed E-state index contributed by atoms with van der Waals surface area (Å²) in [6, 6.07) is 13.5. The first kappa shape index (κ1) is 18.7. The highest BCUT2D eigenvalue weighted by atomic mass is 35.5. The molecule has 0 amide bonds. The number of aromatic nitrogens is 3. The van der Waals surface area contributed by atoms with Gasteiger partial charge in [0.2, 0.25) is 0 Å². The number of fused-ring (bicyclic) bond motifs is 1. The summed E-state index contributed by atoms with van der Waals surface area (Å²) in [4.78, 5) is 16.6. The van der Waals surface area contributed by atoms with Crippen LogP contribution in [0.25, 0.3) is 28.0 Å². The van der Waals surface area contributed by atoms with Crippen molar-refractivity contribution >= 4 is 51.8 Å². The van der Waals surface area contributed by atoms with Crippen molar-refractivity contribution in [3.8, 4) is 16.9 Å². The number of aromatic carboxylic acids is 1. The molecule has 1 N–H and O–H groups in total. The molecule has 8 heteroatoms. The van der Waals surface area contributed by atoms with E-state index in [0.29, 0.717) is 48.7 Å². The van der Waals surface area contributed by atoms with Crippen LogP contribution in [0.2, 0.25) is 15.1 Å². The smallest absolute Gasteiger partial charge is 0.336 e. The van der Waals surface area contributed by atoms with Gasteiger partial charge in [-0.25, -0.2) is 14.5 Å². The molecule has 0 aliphatic carbocycles. The highest BCUT2D eigenvalue weighted by Gasteiger charge is 2.21.